The Kier molecular flexibility index (Phi) is 6.36. The molecule has 0 radical (unpaired) electrons. The number of hydrogen-bond acceptors (Lipinski definition) is 3. The molecule has 1 atom stereocenters. The van der Waals surface area contributed by atoms with Crippen LogP contribution in [0.1, 0.15) is 26.3 Å². The maximum Gasteiger partial charge on any atom is 0.224 e. The van der Waals surface area contributed by atoms with Gasteiger partial charge in [0, 0.05) is 12.6 Å². The predicted molar refractivity (Wildman–Crippen MR) is 77.4 cm³/mol. The van der Waals surface area contributed by atoms with Gasteiger partial charge in [0.15, 0.2) is 0 Å². The molecule has 4 heteroatoms. The summed E-state index contributed by atoms with van der Waals surface area (Å²) in [5.74, 6) is 0.840. The lowest BCUT2D eigenvalue weighted by Gasteiger charge is -2.12. The van der Waals surface area contributed by atoms with Gasteiger partial charge in [-0.3, -0.25) is 4.79 Å². The molecule has 0 heterocycles. The minimum absolute atomic E-state index is 0.0313. The van der Waals surface area contributed by atoms with Crippen LogP contribution in [0.4, 0.5) is 0 Å². The Bertz CT molecular complexity index is 405. The highest BCUT2D eigenvalue weighted by Crippen LogP contribution is 2.15. The Balaban J connectivity index is 2.49. The lowest BCUT2D eigenvalue weighted by atomic mass is 10.1. The van der Waals surface area contributed by atoms with E-state index in [2.05, 4.69) is 10.6 Å². The van der Waals surface area contributed by atoms with Crippen molar-refractivity contribution in [2.45, 2.75) is 39.3 Å². The maximum atomic E-state index is 11.8. The van der Waals surface area contributed by atoms with E-state index in [0.29, 0.717) is 13.0 Å². The van der Waals surface area contributed by atoms with Gasteiger partial charge in [0.1, 0.15) is 5.75 Å². The highest BCUT2D eigenvalue weighted by molar-refractivity contribution is 5.78. The number of rotatable bonds is 7. The standard InChI is InChI=1S/C15H24N2O2/c1-11(2)19-14-7-5-6-13(8-14)9-15(18)17-10-12(3)16-4/h5-8,11-12,16H,9-10H2,1-4H3,(H,17,18). The molecule has 0 bridgehead atoms. The lowest BCUT2D eigenvalue weighted by Crippen LogP contribution is -2.37. The molecule has 1 aromatic rings. The molecule has 1 amide bonds. The predicted octanol–water partition coefficient (Wildman–Crippen LogP) is 1.74. The maximum absolute atomic E-state index is 11.8. The number of hydrogen-bond donors (Lipinski definition) is 2. The van der Waals surface area contributed by atoms with Crippen molar-refractivity contribution in [3.63, 3.8) is 0 Å². The minimum atomic E-state index is 0.0313. The fourth-order valence-electron chi connectivity index (χ4n) is 1.62. The quantitative estimate of drug-likeness (QED) is 0.788. The third kappa shape index (κ3) is 6.25. The summed E-state index contributed by atoms with van der Waals surface area (Å²) in [6.07, 6.45) is 0.520. The van der Waals surface area contributed by atoms with Crippen LogP contribution in [-0.4, -0.2) is 31.6 Å². The second-order valence-corrected chi connectivity index (χ2v) is 4.98. The molecule has 0 saturated heterocycles. The highest BCUT2D eigenvalue weighted by atomic mass is 16.5. The summed E-state index contributed by atoms with van der Waals surface area (Å²) in [5.41, 5.74) is 0.966. The molecular formula is C15H24N2O2. The number of carbonyl (C=O) groups excluding carboxylic acids is 1. The lowest BCUT2D eigenvalue weighted by molar-refractivity contribution is -0.120. The number of amides is 1. The first-order valence-electron chi connectivity index (χ1n) is 6.70. The van der Waals surface area contributed by atoms with Crippen LogP contribution in [0, 0.1) is 0 Å². The average molecular weight is 264 g/mol. The second-order valence-electron chi connectivity index (χ2n) is 4.98. The zero-order valence-corrected chi connectivity index (χ0v) is 12.2. The molecule has 0 spiro atoms. The van der Waals surface area contributed by atoms with Crippen LogP contribution in [0.2, 0.25) is 0 Å². The van der Waals surface area contributed by atoms with Gasteiger partial charge in [-0.1, -0.05) is 12.1 Å². The van der Waals surface area contributed by atoms with Crippen LogP contribution >= 0.6 is 0 Å². The number of benzene rings is 1. The van der Waals surface area contributed by atoms with E-state index in [0.717, 1.165) is 11.3 Å². The van der Waals surface area contributed by atoms with E-state index in [1.807, 2.05) is 52.1 Å². The number of likely N-dealkylation sites (N-methyl/N-ethyl adjacent to an activating group) is 1. The Morgan fingerprint density at radius 3 is 2.68 bits per heavy atom. The molecule has 4 nitrogen and oxygen atoms in total. The largest absolute Gasteiger partial charge is 0.491 e. The van der Waals surface area contributed by atoms with E-state index in [9.17, 15) is 4.79 Å². The van der Waals surface area contributed by atoms with Crippen LogP contribution in [0.3, 0.4) is 0 Å². The van der Waals surface area contributed by atoms with Gasteiger partial charge in [-0.2, -0.15) is 0 Å². The molecule has 1 rings (SSSR count). The summed E-state index contributed by atoms with van der Waals surface area (Å²) in [5, 5.41) is 5.98. The van der Waals surface area contributed by atoms with Crippen molar-refractivity contribution in [3.8, 4) is 5.75 Å². The van der Waals surface area contributed by atoms with Gasteiger partial charge in [-0.15, -0.1) is 0 Å². The molecule has 0 fully saturated rings. The summed E-state index contributed by atoms with van der Waals surface area (Å²) < 4.78 is 5.61. The van der Waals surface area contributed by atoms with E-state index in [1.165, 1.54) is 0 Å². The smallest absolute Gasteiger partial charge is 0.224 e. The highest BCUT2D eigenvalue weighted by Gasteiger charge is 2.06. The van der Waals surface area contributed by atoms with Gasteiger partial charge in [-0.25, -0.2) is 0 Å². The molecule has 2 N–H and O–H groups in total. The molecule has 0 aliphatic rings. The average Bonchev–Trinajstić information content (AvgIpc) is 2.35. The Labute approximate surface area is 115 Å². The van der Waals surface area contributed by atoms with Gasteiger partial charge < -0.3 is 15.4 Å². The zero-order valence-electron chi connectivity index (χ0n) is 12.2. The molecule has 0 aliphatic heterocycles. The summed E-state index contributed by atoms with van der Waals surface area (Å²) in [6.45, 7) is 6.63. The second kappa shape index (κ2) is 7.79. The van der Waals surface area contributed by atoms with Gasteiger partial charge in [0.25, 0.3) is 0 Å². The molecule has 0 aliphatic carbocycles. The van der Waals surface area contributed by atoms with Gasteiger partial charge in [0.2, 0.25) is 5.91 Å². The first-order chi connectivity index (χ1) is 9.01. The van der Waals surface area contributed by atoms with Crippen molar-refractivity contribution in [3.05, 3.63) is 29.8 Å². The summed E-state index contributed by atoms with van der Waals surface area (Å²) in [4.78, 5) is 11.8. The molecule has 0 saturated carbocycles. The van der Waals surface area contributed by atoms with Crippen LogP contribution in [0.5, 0.6) is 5.75 Å². The van der Waals surface area contributed by atoms with Gasteiger partial charge >= 0.3 is 0 Å². The Morgan fingerprint density at radius 1 is 1.32 bits per heavy atom. The van der Waals surface area contributed by atoms with E-state index in [1.54, 1.807) is 0 Å². The fourth-order valence-corrected chi connectivity index (χ4v) is 1.62. The molecule has 19 heavy (non-hydrogen) atoms. The third-order valence-corrected chi connectivity index (χ3v) is 2.73. The number of carbonyl (C=O) groups is 1. The number of ether oxygens (including phenoxy) is 1. The Hall–Kier alpha value is -1.55. The summed E-state index contributed by atoms with van der Waals surface area (Å²) in [6, 6.07) is 7.95. The summed E-state index contributed by atoms with van der Waals surface area (Å²) >= 11 is 0. The van der Waals surface area contributed by atoms with Crippen molar-refractivity contribution in [2.24, 2.45) is 0 Å². The van der Waals surface area contributed by atoms with E-state index in [-0.39, 0.29) is 18.1 Å². The van der Waals surface area contributed by atoms with Crippen LogP contribution in [-0.2, 0) is 11.2 Å². The first kappa shape index (κ1) is 15.5. The van der Waals surface area contributed by atoms with E-state index in [4.69, 9.17) is 4.74 Å². The number of nitrogens with one attached hydrogen (secondary N) is 2. The zero-order chi connectivity index (χ0) is 14.3. The molecule has 1 aromatic carbocycles. The molecule has 1 unspecified atom stereocenters. The van der Waals surface area contributed by atoms with Crippen molar-refractivity contribution in [1.29, 1.82) is 0 Å². The third-order valence-electron chi connectivity index (χ3n) is 2.73. The molecule has 0 aromatic heterocycles. The normalized spacial score (nSPS) is 12.3. The monoisotopic (exact) mass is 264 g/mol. The SMILES string of the molecule is CNC(C)CNC(=O)Cc1cccc(OC(C)C)c1. The topological polar surface area (TPSA) is 50.4 Å². The minimum Gasteiger partial charge on any atom is -0.491 e. The van der Waals surface area contributed by atoms with Crippen LogP contribution in [0.15, 0.2) is 24.3 Å². The van der Waals surface area contributed by atoms with Crippen LogP contribution in [0.25, 0.3) is 0 Å². The van der Waals surface area contributed by atoms with Crippen molar-refractivity contribution >= 4 is 5.91 Å². The van der Waals surface area contributed by atoms with Crippen molar-refractivity contribution < 1.29 is 9.53 Å². The van der Waals surface area contributed by atoms with Crippen molar-refractivity contribution in [2.75, 3.05) is 13.6 Å². The van der Waals surface area contributed by atoms with Gasteiger partial charge in [-0.05, 0) is 45.5 Å². The van der Waals surface area contributed by atoms with Gasteiger partial charge in [0.05, 0.1) is 12.5 Å². The van der Waals surface area contributed by atoms with E-state index >= 15 is 0 Å². The Morgan fingerprint density at radius 2 is 2.05 bits per heavy atom. The van der Waals surface area contributed by atoms with E-state index < -0.39 is 0 Å². The molecular weight excluding hydrogens is 240 g/mol. The molecule has 106 valence electrons. The first-order valence-corrected chi connectivity index (χ1v) is 6.70. The van der Waals surface area contributed by atoms with Crippen LogP contribution < -0.4 is 15.4 Å². The fraction of sp³-hybridized carbons (Fsp3) is 0.533. The summed E-state index contributed by atoms with van der Waals surface area (Å²) in [7, 11) is 1.88. The van der Waals surface area contributed by atoms with Crippen molar-refractivity contribution in [1.82, 2.24) is 10.6 Å².